The molecule has 0 spiro atoms. The van der Waals surface area contributed by atoms with Crippen LogP contribution in [-0.2, 0) is 0 Å². The van der Waals surface area contributed by atoms with E-state index in [1.54, 1.807) is 10.6 Å². The smallest absolute Gasteiger partial charge is 0.263 e. The number of nitrogens with zero attached hydrogens (tertiary/aromatic N) is 1. The summed E-state index contributed by atoms with van der Waals surface area (Å²) in [5.74, 6) is -29.5. The highest BCUT2D eigenvalue weighted by atomic mass is 19.2. The summed E-state index contributed by atoms with van der Waals surface area (Å²) in [4.78, 5) is 27.5. The van der Waals surface area contributed by atoms with E-state index < -0.39 is 92.7 Å². The summed E-state index contributed by atoms with van der Waals surface area (Å²) in [5.41, 5.74) is -3.73. The molecule has 2 aromatic carbocycles. The molecule has 0 unspecified atom stereocenters. The molecular weight excluding hydrogens is 492 g/mol. The number of hydrogen-bond acceptors (Lipinski definition) is 3. The van der Waals surface area contributed by atoms with Crippen molar-refractivity contribution in [1.29, 1.82) is 0 Å². The molecular formula is C19H5F10N3O2. The Morgan fingerprint density at radius 3 is 1.06 bits per heavy atom. The fourth-order valence-corrected chi connectivity index (χ4v) is 2.54. The van der Waals surface area contributed by atoms with Crippen LogP contribution in [0.15, 0.2) is 18.2 Å². The molecule has 1 heterocycles. The molecule has 0 saturated heterocycles. The molecule has 15 heteroatoms. The van der Waals surface area contributed by atoms with Gasteiger partial charge < -0.3 is 10.6 Å². The van der Waals surface area contributed by atoms with E-state index in [2.05, 4.69) is 4.98 Å². The van der Waals surface area contributed by atoms with Crippen LogP contribution in [0.1, 0.15) is 20.7 Å². The maximum absolute atomic E-state index is 13.7. The zero-order chi connectivity index (χ0) is 25.5. The lowest BCUT2D eigenvalue weighted by Crippen LogP contribution is -2.21. The first kappa shape index (κ1) is 24.5. The number of anilines is 2. The van der Waals surface area contributed by atoms with Gasteiger partial charge in [-0.15, -0.1) is 0 Å². The van der Waals surface area contributed by atoms with Gasteiger partial charge in [-0.3, -0.25) is 9.59 Å². The molecule has 0 radical (unpaired) electrons. The Kier molecular flexibility index (Phi) is 6.47. The van der Waals surface area contributed by atoms with Crippen LogP contribution in [0.25, 0.3) is 0 Å². The Labute approximate surface area is 181 Å². The average molecular weight is 497 g/mol. The van der Waals surface area contributed by atoms with E-state index in [0.29, 0.717) is 0 Å². The van der Waals surface area contributed by atoms with Gasteiger partial charge in [0.25, 0.3) is 11.8 Å². The Hall–Kier alpha value is -4.17. The molecule has 5 nitrogen and oxygen atoms in total. The van der Waals surface area contributed by atoms with Crippen molar-refractivity contribution in [3.8, 4) is 0 Å². The van der Waals surface area contributed by atoms with E-state index in [4.69, 9.17) is 0 Å². The van der Waals surface area contributed by atoms with Gasteiger partial charge in [-0.1, -0.05) is 6.07 Å². The number of aromatic nitrogens is 1. The highest BCUT2D eigenvalue weighted by Crippen LogP contribution is 2.25. The van der Waals surface area contributed by atoms with E-state index in [-0.39, 0.29) is 0 Å². The van der Waals surface area contributed by atoms with Gasteiger partial charge in [0.2, 0.25) is 11.6 Å². The van der Waals surface area contributed by atoms with Crippen LogP contribution in [0.5, 0.6) is 0 Å². The number of carbonyl (C=O) groups is 2. The first-order valence-corrected chi connectivity index (χ1v) is 8.49. The van der Waals surface area contributed by atoms with Crippen molar-refractivity contribution in [2.45, 2.75) is 0 Å². The molecule has 2 amide bonds. The highest BCUT2D eigenvalue weighted by molar-refractivity contribution is 6.05. The Bertz CT molecular complexity index is 1210. The Morgan fingerprint density at radius 1 is 0.500 bits per heavy atom. The number of halogens is 10. The quantitative estimate of drug-likeness (QED) is 0.304. The number of carbonyl (C=O) groups excluding carboxylic acids is 2. The van der Waals surface area contributed by atoms with Crippen molar-refractivity contribution < 1.29 is 53.5 Å². The SMILES string of the molecule is O=C(Nc1cccc(NC(=O)c2c(F)c(F)c(F)c(F)c2F)n1)c1c(F)c(F)c(F)c(F)c1F. The minimum Gasteiger partial charge on any atom is -0.306 e. The molecule has 0 aliphatic carbocycles. The number of rotatable bonds is 4. The molecule has 0 bridgehead atoms. The van der Waals surface area contributed by atoms with Gasteiger partial charge in [0.05, 0.1) is 0 Å². The summed E-state index contributed by atoms with van der Waals surface area (Å²) in [5, 5.41) is 3.32. The molecule has 3 aromatic rings. The van der Waals surface area contributed by atoms with E-state index in [1.807, 2.05) is 0 Å². The zero-order valence-electron chi connectivity index (χ0n) is 15.8. The van der Waals surface area contributed by atoms with Crippen LogP contribution >= 0.6 is 0 Å². The molecule has 0 fully saturated rings. The van der Waals surface area contributed by atoms with Crippen molar-refractivity contribution >= 4 is 23.5 Å². The highest BCUT2D eigenvalue weighted by Gasteiger charge is 2.31. The van der Waals surface area contributed by atoms with Crippen LogP contribution < -0.4 is 10.6 Å². The standard InChI is InChI=1S/C19H5F10N3O2/c20-8-6(9(21)13(25)16(28)12(8)24)18(33)31-4-2-1-3-5(30-4)32-19(34)7-10(22)14(26)17(29)15(27)11(7)23/h1-3H,(H2,30,31,32,33,34). The van der Waals surface area contributed by atoms with Gasteiger partial charge in [-0.05, 0) is 12.1 Å². The molecule has 2 N–H and O–H groups in total. The Balaban J connectivity index is 1.89. The fraction of sp³-hybridized carbons (Fsp3) is 0. The maximum Gasteiger partial charge on any atom is 0.263 e. The second-order valence-corrected chi connectivity index (χ2v) is 6.21. The van der Waals surface area contributed by atoms with Crippen molar-refractivity contribution in [2.75, 3.05) is 10.6 Å². The topological polar surface area (TPSA) is 71.1 Å². The van der Waals surface area contributed by atoms with Gasteiger partial charge >= 0.3 is 0 Å². The van der Waals surface area contributed by atoms with Crippen molar-refractivity contribution in [2.24, 2.45) is 0 Å². The first-order valence-electron chi connectivity index (χ1n) is 8.49. The summed E-state index contributed by atoms with van der Waals surface area (Å²) in [7, 11) is 0. The van der Waals surface area contributed by atoms with Crippen molar-refractivity contribution in [3.63, 3.8) is 0 Å². The molecule has 1 aromatic heterocycles. The van der Waals surface area contributed by atoms with Crippen LogP contribution in [0.4, 0.5) is 55.5 Å². The second kappa shape index (κ2) is 8.99. The summed E-state index contributed by atoms with van der Waals surface area (Å²) < 4.78 is 134. The van der Waals surface area contributed by atoms with Crippen LogP contribution in [0.2, 0.25) is 0 Å². The average Bonchev–Trinajstić information content (AvgIpc) is 2.79. The van der Waals surface area contributed by atoms with Gasteiger partial charge in [0.15, 0.2) is 46.5 Å². The monoisotopic (exact) mass is 497 g/mol. The minimum atomic E-state index is -2.51. The maximum atomic E-state index is 13.7. The summed E-state index contributed by atoms with van der Waals surface area (Å²) in [6.07, 6.45) is 0. The number of pyridine rings is 1. The zero-order valence-corrected chi connectivity index (χ0v) is 15.8. The van der Waals surface area contributed by atoms with E-state index in [1.165, 1.54) is 0 Å². The van der Waals surface area contributed by atoms with Crippen LogP contribution in [0.3, 0.4) is 0 Å². The first-order chi connectivity index (χ1) is 15.9. The lowest BCUT2D eigenvalue weighted by Gasteiger charge is -2.11. The summed E-state index contributed by atoms with van der Waals surface area (Å²) in [6.45, 7) is 0. The lowest BCUT2D eigenvalue weighted by molar-refractivity contribution is 0.100. The van der Waals surface area contributed by atoms with Crippen LogP contribution in [0, 0.1) is 58.2 Å². The third-order valence-electron chi connectivity index (χ3n) is 4.11. The van der Waals surface area contributed by atoms with Gasteiger partial charge in [-0.2, -0.15) is 0 Å². The predicted molar refractivity (Wildman–Crippen MR) is 92.6 cm³/mol. The van der Waals surface area contributed by atoms with Gasteiger partial charge in [-0.25, -0.2) is 48.9 Å². The third-order valence-corrected chi connectivity index (χ3v) is 4.11. The van der Waals surface area contributed by atoms with E-state index in [0.717, 1.165) is 18.2 Å². The molecule has 0 aliphatic heterocycles. The summed E-state index contributed by atoms with van der Waals surface area (Å²) in [6, 6.07) is 2.78. The van der Waals surface area contributed by atoms with Gasteiger partial charge in [0, 0.05) is 0 Å². The molecule has 3 rings (SSSR count). The van der Waals surface area contributed by atoms with Crippen LogP contribution in [-0.4, -0.2) is 16.8 Å². The molecule has 0 aliphatic rings. The van der Waals surface area contributed by atoms with Crippen molar-refractivity contribution in [3.05, 3.63) is 87.5 Å². The number of amides is 2. The number of benzene rings is 2. The fourth-order valence-electron chi connectivity index (χ4n) is 2.54. The normalized spacial score (nSPS) is 10.9. The number of hydrogen-bond donors (Lipinski definition) is 2. The van der Waals surface area contributed by atoms with Gasteiger partial charge in [0.1, 0.15) is 22.8 Å². The largest absolute Gasteiger partial charge is 0.306 e. The molecule has 0 saturated carbocycles. The molecule has 34 heavy (non-hydrogen) atoms. The van der Waals surface area contributed by atoms with Crippen molar-refractivity contribution in [1.82, 2.24) is 4.98 Å². The summed E-state index contributed by atoms with van der Waals surface area (Å²) >= 11 is 0. The molecule has 0 atom stereocenters. The third kappa shape index (κ3) is 4.11. The Morgan fingerprint density at radius 2 is 0.765 bits per heavy atom. The predicted octanol–water partition coefficient (Wildman–Crippen LogP) is 4.98. The molecule has 178 valence electrons. The minimum absolute atomic E-state index is 0.677. The van der Waals surface area contributed by atoms with E-state index >= 15 is 0 Å². The van der Waals surface area contributed by atoms with E-state index in [9.17, 15) is 53.5 Å². The second-order valence-electron chi connectivity index (χ2n) is 6.21. The lowest BCUT2D eigenvalue weighted by atomic mass is 10.1. The number of nitrogens with one attached hydrogen (secondary N) is 2.